The van der Waals surface area contributed by atoms with Gasteiger partial charge in [0.2, 0.25) is 0 Å². The van der Waals surface area contributed by atoms with Crippen molar-refractivity contribution < 1.29 is 4.79 Å². The summed E-state index contributed by atoms with van der Waals surface area (Å²) < 4.78 is 1.93. The van der Waals surface area contributed by atoms with Crippen molar-refractivity contribution in [3.8, 4) is 0 Å². The normalized spacial score (nSPS) is 10.8. The number of anilines is 1. The summed E-state index contributed by atoms with van der Waals surface area (Å²) in [6, 6.07) is 10.9. The third-order valence-electron chi connectivity index (χ3n) is 2.99. The fourth-order valence-electron chi connectivity index (χ4n) is 1.91. The molecular weight excluding hydrogens is 372 g/mol. The molecular formula is C15H10BrClN2OS. The van der Waals surface area contributed by atoms with Crippen LogP contribution in [0, 0.1) is 6.92 Å². The van der Waals surface area contributed by atoms with Crippen LogP contribution in [-0.2, 0) is 0 Å². The summed E-state index contributed by atoms with van der Waals surface area (Å²) in [5.74, 6) is -0.171. The van der Waals surface area contributed by atoms with E-state index in [1.54, 1.807) is 12.1 Å². The number of aromatic nitrogens is 1. The Morgan fingerprint density at radius 2 is 2.10 bits per heavy atom. The lowest BCUT2D eigenvalue weighted by atomic mass is 10.1. The minimum Gasteiger partial charge on any atom is -0.298 e. The van der Waals surface area contributed by atoms with Crippen molar-refractivity contribution in [1.82, 2.24) is 4.98 Å². The number of nitrogens with zero attached hydrogens (tertiary/aromatic N) is 1. The zero-order valence-corrected chi connectivity index (χ0v) is 14.1. The fraction of sp³-hybridized carbons (Fsp3) is 0.0667. The molecule has 0 aliphatic heterocycles. The Morgan fingerprint density at radius 3 is 2.86 bits per heavy atom. The first kappa shape index (κ1) is 14.5. The second-order valence-corrected chi connectivity index (χ2v) is 6.87. The molecule has 106 valence electrons. The Morgan fingerprint density at radius 1 is 1.29 bits per heavy atom. The molecule has 0 atom stereocenters. The number of nitrogens with one attached hydrogen (secondary N) is 1. The Bertz CT molecular complexity index is 847. The molecule has 1 amide bonds. The number of amides is 1. The highest BCUT2D eigenvalue weighted by atomic mass is 79.9. The molecule has 0 bridgehead atoms. The van der Waals surface area contributed by atoms with Crippen LogP contribution in [0.4, 0.5) is 5.13 Å². The molecule has 3 rings (SSSR count). The van der Waals surface area contributed by atoms with E-state index in [-0.39, 0.29) is 5.91 Å². The molecule has 0 unspecified atom stereocenters. The van der Waals surface area contributed by atoms with Crippen molar-refractivity contribution in [2.24, 2.45) is 0 Å². The topological polar surface area (TPSA) is 42.0 Å². The van der Waals surface area contributed by atoms with Crippen molar-refractivity contribution in [3.05, 3.63) is 57.0 Å². The smallest absolute Gasteiger partial charge is 0.257 e. The van der Waals surface area contributed by atoms with Crippen molar-refractivity contribution in [1.29, 1.82) is 0 Å². The number of halogens is 2. The van der Waals surface area contributed by atoms with E-state index in [2.05, 4.69) is 26.2 Å². The lowest BCUT2D eigenvalue weighted by molar-refractivity contribution is 0.102. The van der Waals surface area contributed by atoms with Crippen LogP contribution < -0.4 is 5.32 Å². The van der Waals surface area contributed by atoms with Gasteiger partial charge in [0.1, 0.15) is 0 Å². The summed E-state index contributed by atoms with van der Waals surface area (Å²) in [6.45, 7) is 1.94. The van der Waals surface area contributed by atoms with E-state index in [1.165, 1.54) is 11.3 Å². The van der Waals surface area contributed by atoms with Gasteiger partial charge in [-0.05, 0) is 48.9 Å². The first-order valence-electron chi connectivity index (χ1n) is 6.16. The molecule has 0 saturated heterocycles. The Kier molecular flexibility index (Phi) is 3.97. The second kappa shape index (κ2) is 5.75. The molecule has 0 fully saturated rings. The van der Waals surface area contributed by atoms with Gasteiger partial charge in [0.05, 0.1) is 10.2 Å². The number of fused-ring (bicyclic) bond motifs is 1. The molecule has 6 heteroatoms. The van der Waals surface area contributed by atoms with Crippen LogP contribution in [0.5, 0.6) is 0 Å². The van der Waals surface area contributed by atoms with Gasteiger partial charge in [-0.25, -0.2) is 4.98 Å². The van der Waals surface area contributed by atoms with Gasteiger partial charge in [-0.2, -0.15) is 0 Å². The summed E-state index contributed by atoms with van der Waals surface area (Å²) in [6.07, 6.45) is 0. The van der Waals surface area contributed by atoms with Gasteiger partial charge in [-0.3, -0.25) is 10.1 Å². The van der Waals surface area contributed by atoms with Crippen LogP contribution >= 0.6 is 38.9 Å². The highest BCUT2D eigenvalue weighted by Gasteiger charge is 2.11. The molecule has 1 heterocycles. The van der Waals surface area contributed by atoms with Gasteiger partial charge < -0.3 is 0 Å². The first-order chi connectivity index (χ1) is 10.0. The van der Waals surface area contributed by atoms with E-state index < -0.39 is 0 Å². The van der Waals surface area contributed by atoms with E-state index in [1.807, 2.05) is 31.2 Å². The predicted octanol–water partition coefficient (Wildman–Crippen LogP) is 5.27. The SMILES string of the molecule is Cc1cc(C(=O)Nc2nc3ccc(Cl)cc3s2)ccc1Br. The van der Waals surface area contributed by atoms with Crippen molar-refractivity contribution in [2.75, 3.05) is 5.32 Å². The van der Waals surface area contributed by atoms with Crippen molar-refractivity contribution >= 4 is 60.1 Å². The Hall–Kier alpha value is -1.43. The van der Waals surface area contributed by atoms with E-state index in [4.69, 9.17) is 11.6 Å². The maximum Gasteiger partial charge on any atom is 0.257 e. The summed E-state index contributed by atoms with van der Waals surface area (Å²) in [5.41, 5.74) is 2.44. The molecule has 0 aliphatic rings. The molecule has 0 spiro atoms. The number of aryl methyl sites for hydroxylation is 1. The number of benzene rings is 2. The van der Waals surface area contributed by atoms with Gasteiger partial charge >= 0.3 is 0 Å². The fourth-order valence-corrected chi connectivity index (χ4v) is 3.29. The van der Waals surface area contributed by atoms with E-state index >= 15 is 0 Å². The van der Waals surface area contributed by atoms with Crippen LogP contribution in [0.15, 0.2) is 40.9 Å². The number of carbonyl (C=O) groups excluding carboxylic acids is 1. The number of hydrogen-bond acceptors (Lipinski definition) is 3. The van der Waals surface area contributed by atoms with Crippen LogP contribution in [0.25, 0.3) is 10.2 Å². The molecule has 0 aliphatic carbocycles. The average molecular weight is 382 g/mol. The summed E-state index contributed by atoms with van der Waals surface area (Å²) in [7, 11) is 0. The van der Waals surface area contributed by atoms with Gasteiger partial charge in [0.25, 0.3) is 5.91 Å². The quantitative estimate of drug-likeness (QED) is 0.657. The van der Waals surface area contributed by atoms with Crippen LogP contribution in [0.1, 0.15) is 15.9 Å². The standard InChI is InChI=1S/C15H10BrClN2OS/c1-8-6-9(2-4-11(8)16)14(20)19-15-18-12-5-3-10(17)7-13(12)21-15/h2-7H,1H3,(H,18,19,20). The van der Waals surface area contributed by atoms with Gasteiger partial charge in [-0.15, -0.1) is 0 Å². The third kappa shape index (κ3) is 3.10. The summed E-state index contributed by atoms with van der Waals surface area (Å²) in [5, 5.41) is 4.05. The summed E-state index contributed by atoms with van der Waals surface area (Å²) in [4.78, 5) is 16.6. The predicted molar refractivity (Wildman–Crippen MR) is 91.5 cm³/mol. The van der Waals surface area contributed by atoms with Crippen LogP contribution in [0.2, 0.25) is 5.02 Å². The van der Waals surface area contributed by atoms with Gasteiger partial charge in [0, 0.05) is 15.1 Å². The molecule has 3 nitrogen and oxygen atoms in total. The maximum atomic E-state index is 12.2. The molecule has 0 saturated carbocycles. The minimum atomic E-state index is -0.171. The van der Waals surface area contributed by atoms with Crippen molar-refractivity contribution in [3.63, 3.8) is 0 Å². The number of carbonyl (C=O) groups is 1. The van der Waals surface area contributed by atoms with Gasteiger partial charge in [0.15, 0.2) is 5.13 Å². The van der Waals surface area contributed by atoms with E-state index in [0.717, 1.165) is 20.3 Å². The Balaban J connectivity index is 1.87. The minimum absolute atomic E-state index is 0.171. The zero-order chi connectivity index (χ0) is 15.0. The lowest BCUT2D eigenvalue weighted by Crippen LogP contribution is -2.11. The monoisotopic (exact) mass is 380 g/mol. The van der Waals surface area contributed by atoms with E-state index in [9.17, 15) is 4.79 Å². The number of hydrogen-bond donors (Lipinski definition) is 1. The van der Waals surface area contributed by atoms with E-state index in [0.29, 0.717) is 15.7 Å². The zero-order valence-electron chi connectivity index (χ0n) is 11.0. The lowest BCUT2D eigenvalue weighted by Gasteiger charge is -2.04. The first-order valence-corrected chi connectivity index (χ1v) is 8.15. The molecule has 21 heavy (non-hydrogen) atoms. The highest BCUT2D eigenvalue weighted by Crippen LogP contribution is 2.28. The van der Waals surface area contributed by atoms with Gasteiger partial charge in [-0.1, -0.05) is 38.9 Å². The molecule has 1 N–H and O–H groups in total. The molecule has 1 aromatic heterocycles. The summed E-state index contributed by atoms with van der Waals surface area (Å²) >= 11 is 10.8. The van der Waals surface area contributed by atoms with Crippen LogP contribution in [0.3, 0.4) is 0 Å². The molecule has 0 radical (unpaired) electrons. The highest BCUT2D eigenvalue weighted by molar-refractivity contribution is 9.10. The Labute approximate surface area is 139 Å². The van der Waals surface area contributed by atoms with Crippen LogP contribution in [-0.4, -0.2) is 10.9 Å². The number of rotatable bonds is 2. The second-order valence-electron chi connectivity index (χ2n) is 4.55. The maximum absolute atomic E-state index is 12.2. The molecule has 3 aromatic rings. The third-order valence-corrected chi connectivity index (χ3v) is 5.05. The average Bonchev–Trinajstić information content (AvgIpc) is 2.83. The van der Waals surface area contributed by atoms with Crippen molar-refractivity contribution in [2.45, 2.75) is 6.92 Å². The number of thiazole rings is 1. The molecule has 2 aromatic carbocycles. The largest absolute Gasteiger partial charge is 0.298 e.